The fourth-order valence-electron chi connectivity index (χ4n) is 5.30. The largest absolute Gasteiger partial charge is 0.336 e. The maximum atomic E-state index is 13.5. The van der Waals surface area contributed by atoms with Gasteiger partial charge in [-0.05, 0) is 68.0 Å². The van der Waals surface area contributed by atoms with Gasteiger partial charge in [-0.15, -0.1) is 0 Å². The molecule has 1 aliphatic rings. The lowest BCUT2D eigenvalue weighted by atomic mass is 9.64. The Balaban J connectivity index is 1.54. The minimum absolute atomic E-state index is 0.0486. The van der Waals surface area contributed by atoms with Gasteiger partial charge in [0, 0.05) is 18.4 Å². The molecular formula is C30H31FN2O. The van der Waals surface area contributed by atoms with Crippen molar-refractivity contribution in [2.24, 2.45) is 5.41 Å². The summed E-state index contributed by atoms with van der Waals surface area (Å²) in [5.74, 6) is -0.124. The van der Waals surface area contributed by atoms with Crippen LogP contribution in [0, 0.1) is 22.6 Å². The van der Waals surface area contributed by atoms with Crippen LogP contribution in [0.3, 0.4) is 0 Å². The van der Waals surface area contributed by atoms with Crippen LogP contribution in [0.25, 0.3) is 11.1 Å². The van der Waals surface area contributed by atoms with Crippen molar-refractivity contribution in [1.82, 2.24) is 4.90 Å². The van der Waals surface area contributed by atoms with Crippen LogP contribution in [0.15, 0.2) is 78.9 Å². The first-order valence-corrected chi connectivity index (χ1v) is 11.9. The lowest BCUT2D eigenvalue weighted by molar-refractivity contribution is -0.138. The molecule has 1 fully saturated rings. The van der Waals surface area contributed by atoms with Crippen LogP contribution in [-0.2, 0) is 10.2 Å². The number of hydrogen-bond acceptors (Lipinski definition) is 2. The minimum Gasteiger partial charge on any atom is -0.336 e. The molecule has 1 amide bonds. The minimum atomic E-state index is -0.514. The molecular weight excluding hydrogens is 423 g/mol. The molecule has 0 bridgehead atoms. The lowest BCUT2D eigenvalue weighted by Gasteiger charge is -2.46. The summed E-state index contributed by atoms with van der Waals surface area (Å²) in [6, 6.07) is 27.2. The van der Waals surface area contributed by atoms with E-state index in [1.807, 2.05) is 49.1 Å². The van der Waals surface area contributed by atoms with Crippen molar-refractivity contribution in [1.29, 1.82) is 5.26 Å². The highest BCUT2D eigenvalue weighted by atomic mass is 19.1. The predicted molar refractivity (Wildman–Crippen MR) is 133 cm³/mol. The number of amides is 1. The van der Waals surface area contributed by atoms with E-state index >= 15 is 0 Å². The summed E-state index contributed by atoms with van der Waals surface area (Å²) in [5.41, 5.74) is 3.34. The molecule has 1 unspecified atom stereocenters. The summed E-state index contributed by atoms with van der Waals surface area (Å²) in [4.78, 5) is 15.5. The number of carbonyl (C=O) groups is 1. The van der Waals surface area contributed by atoms with E-state index in [1.165, 1.54) is 12.1 Å². The molecule has 0 radical (unpaired) electrons. The van der Waals surface area contributed by atoms with Crippen molar-refractivity contribution in [3.8, 4) is 17.2 Å². The second-order valence-corrected chi connectivity index (χ2v) is 10.1. The van der Waals surface area contributed by atoms with Gasteiger partial charge in [0.25, 0.3) is 0 Å². The topological polar surface area (TPSA) is 44.1 Å². The molecule has 1 saturated heterocycles. The molecule has 0 saturated carbocycles. The van der Waals surface area contributed by atoms with Crippen LogP contribution in [0.2, 0.25) is 0 Å². The Bertz CT molecular complexity index is 1180. The van der Waals surface area contributed by atoms with Gasteiger partial charge >= 0.3 is 0 Å². The van der Waals surface area contributed by atoms with Crippen molar-refractivity contribution < 1.29 is 9.18 Å². The van der Waals surface area contributed by atoms with E-state index in [2.05, 4.69) is 37.3 Å². The zero-order valence-corrected chi connectivity index (χ0v) is 20.1. The van der Waals surface area contributed by atoms with Gasteiger partial charge in [-0.25, -0.2) is 4.39 Å². The summed E-state index contributed by atoms with van der Waals surface area (Å²) >= 11 is 0. The number of hydrogen-bond donors (Lipinski definition) is 0. The van der Waals surface area contributed by atoms with Crippen LogP contribution in [0.4, 0.5) is 4.39 Å². The second-order valence-electron chi connectivity index (χ2n) is 10.1. The van der Waals surface area contributed by atoms with Crippen LogP contribution < -0.4 is 0 Å². The van der Waals surface area contributed by atoms with Crippen molar-refractivity contribution in [3.63, 3.8) is 0 Å². The number of rotatable bonds is 6. The van der Waals surface area contributed by atoms with E-state index in [4.69, 9.17) is 0 Å². The summed E-state index contributed by atoms with van der Waals surface area (Å²) in [5, 5.41) is 9.70. The Morgan fingerprint density at radius 1 is 1.00 bits per heavy atom. The van der Waals surface area contributed by atoms with Gasteiger partial charge < -0.3 is 4.90 Å². The maximum absolute atomic E-state index is 13.5. The van der Waals surface area contributed by atoms with Crippen molar-refractivity contribution in [2.45, 2.75) is 51.5 Å². The molecule has 0 N–H and O–H groups in total. The van der Waals surface area contributed by atoms with Gasteiger partial charge in [-0.3, -0.25) is 4.79 Å². The SMILES string of the molecule is C[C@@H](c1ccc(-c2ccc(F)cc2)cc1)N1CCC(CC(C)(C)C#N)(c2ccccc2)CC1=O. The average Bonchev–Trinajstić information content (AvgIpc) is 2.85. The fraction of sp³-hybridized carbons (Fsp3) is 0.333. The quantitative estimate of drug-likeness (QED) is 0.400. The third kappa shape index (κ3) is 4.89. The number of carbonyl (C=O) groups excluding carboxylic acids is 1. The van der Waals surface area contributed by atoms with Gasteiger partial charge in [0.15, 0.2) is 0 Å². The Morgan fingerprint density at radius 2 is 1.59 bits per heavy atom. The monoisotopic (exact) mass is 454 g/mol. The molecule has 1 aliphatic heterocycles. The number of likely N-dealkylation sites (tertiary alicyclic amines) is 1. The van der Waals surface area contributed by atoms with Crippen molar-refractivity contribution in [3.05, 3.63) is 95.8 Å². The number of benzene rings is 3. The summed E-state index contributed by atoms with van der Waals surface area (Å²) in [7, 11) is 0. The molecule has 34 heavy (non-hydrogen) atoms. The van der Waals surface area contributed by atoms with E-state index in [0.29, 0.717) is 19.4 Å². The highest BCUT2D eigenvalue weighted by Gasteiger charge is 2.44. The molecule has 4 rings (SSSR count). The smallest absolute Gasteiger partial charge is 0.223 e. The summed E-state index contributed by atoms with van der Waals surface area (Å²) < 4.78 is 13.2. The van der Waals surface area contributed by atoms with Crippen LogP contribution in [-0.4, -0.2) is 17.4 Å². The number of nitriles is 1. The average molecular weight is 455 g/mol. The van der Waals surface area contributed by atoms with E-state index in [1.54, 1.807) is 12.1 Å². The zero-order chi connectivity index (χ0) is 24.3. The molecule has 1 heterocycles. The van der Waals surface area contributed by atoms with E-state index in [-0.39, 0.29) is 23.2 Å². The van der Waals surface area contributed by atoms with E-state index in [0.717, 1.165) is 28.7 Å². The molecule has 3 aromatic carbocycles. The molecule has 2 atom stereocenters. The Hall–Kier alpha value is -3.45. The van der Waals surface area contributed by atoms with E-state index in [9.17, 15) is 14.4 Å². The molecule has 0 spiro atoms. The molecule has 4 heteroatoms. The van der Waals surface area contributed by atoms with Crippen molar-refractivity contribution in [2.75, 3.05) is 6.54 Å². The Morgan fingerprint density at radius 3 is 2.15 bits per heavy atom. The molecule has 174 valence electrons. The molecule has 0 aromatic heterocycles. The molecule has 3 nitrogen and oxygen atoms in total. The third-order valence-electron chi connectivity index (χ3n) is 7.15. The van der Waals surface area contributed by atoms with E-state index < -0.39 is 5.41 Å². The van der Waals surface area contributed by atoms with Crippen molar-refractivity contribution >= 4 is 5.91 Å². The summed E-state index contributed by atoms with van der Waals surface area (Å²) in [6.45, 7) is 6.63. The Labute approximate surface area is 201 Å². The first-order valence-electron chi connectivity index (χ1n) is 11.9. The standard InChI is InChI=1S/C30H31FN2O/c1-22(23-9-11-24(12-10-23)25-13-15-27(31)16-14-25)33-18-17-30(19-28(33)34,20-29(2,3)21-32)26-7-5-4-6-8-26/h4-16,22H,17-20H2,1-3H3/t22-,30?/m0/s1. The maximum Gasteiger partial charge on any atom is 0.223 e. The zero-order valence-electron chi connectivity index (χ0n) is 20.1. The first-order chi connectivity index (χ1) is 16.2. The molecule has 0 aliphatic carbocycles. The molecule has 3 aromatic rings. The number of nitrogens with zero attached hydrogens (tertiary/aromatic N) is 2. The van der Waals surface area contributed by atoms with Crippen LogP contribution in [0.5, 0.6) is 0 Å². The van der Waals surface area contributed by atoms with Crippen LogP contribution >= 0.6 is 0 Å². The third-order valence-corrected chi connectivity index (χ3v) is 7.15. The predicted octanol–water partition coefficient (Wildman–Crippen LogP) is 7.05. The van der Waals surface area contributed by atoms with Gasteiger partial charge in [-0.2, -0.15) is 5.26 Å². The summed E-state index contributed by atoms with van der Waals surface area (Å²) in [6.07, 6.45) is 1.88. The second kappa shape index (κ2) is 9.43. The normalized spacial score (nSPS) is 19.5. The number of piperidine rings is 1. The van der Waals surface area contributed by atoms with Crippen LogP contribution in [0.1, 0.15) is 57.2 Å². The van der Waals surface area contributed by atoms with Gasteiger partial charge in [-0.1, -0.05) is 66.7 Å². The highest BCUT2D eigenvalue weighted by Crippen LogP contribution is 2.46. The number of halogens is 1. The van der Waals surface area contributed by atoms with Gasteiger partial charge in [0.05, 0.1) is 17.5 Å². The first kappa shape index (κ1) is 23.7. The van der Waals surface area contributed by atoms with Gasteiger partial charge in [0.1, 0.15) is 5.82 Å². The Kier molecular flexibility index (Phi) is 6.57. The highest BCUT2D eigenvalue weighted by molar-refractivity contribution is 5.79. The fourth-order valence-corrected chi connectivity index (χ4v) is 5.30. The lowest BCUT2D eigenvalue weighted by Crippen LogP contribution is -2.48. The van der Waals surface area contributed by atoms with Gasteiger partial charge in [0.2, 0.25) is 5.91 Å².